The van der Waals surface area contributed by atoms with Crippen LogP contribution in [0.3, 0.4) is 0 Å². The molecule has 2 aliphatic heterocycles. The van der Waals surface area contributed by atoms with Gasteiger partial charge in [0, 0.05) is 50.4 Å². The van der Waals surface area contributed by atoms with Crippen molar-refractivity contribution >= 4 is 5.91 Å². The van der Waals surface area contributed by atoms with Gasteiger partial charge in [-0.15, -0.1) is 0 Å². The summed E-state index contributed by atoms with van der Waals surface area (Å²) in [5, 5.41) is 19.5. The monoisotopic (exact) mass is 546 g/mol. The molecule has 210 valence electrons. The number of benzene rings is 3. The SMILES string of the molecule is CN1CCCN(Cc2ccc(-c3ccc(C(=O)N4CCCN(C)CC4)cc3-c3ccc(C#N)cc3)c(C#N)c2)CC1. The van der Waals surface area contributed by atoms with Gasteiger partial charge in [-0.2, -0.15) is 10.5 Å². The Bertz CT molecular complexity index is 1470. The highest BCUT2D eigenvalue weighted by Gasteiger charge is 2.22. The Labute approximate surface area is 243 Å². The quantitative estimate of drug-likeness (QED) is 0.463. The molecule has 0 atom stereocenters. The van der Waals surface area contributed by atoms with Crippen LogP contribution in [0.15, 0.2) is 60.7 Å². The number of rotatable bonds is 5. The van der Waals surface area contributed by atoms with Crippen LogP contribution in [-0.2, 0) is 6.54 Å². The highest BCUT2D eigenvalue weighted by atomic mass is 16.2. The van der Waals surface area contributed by atoms with Crippen molar-refractivity contribution in [3.63, 3.8) is 0 Å². The van der Waals surface area contributed by atoms with Crippen molar-refractivity contribution in [2.24, 2.45) is 0 Å². The zero-order valence-corrected chi connectivity index (χ0v) is 24.1. The van der Waals surface area contributed by atoms with Crippen molar-refractivity contribution in [1.29, 1.82) is 10.5 Å². The van der Waals surface area contributed by atoms with Crippen LogP contribution in [0, 0.1) is 22.7 Å². The summed E-state index contributed by atoms with van der Waals surface area (Å²) in [6, 6.07) is 24.1. The van der Waals surface area contributed by atoms with Gasteiger partial charge in [0.15, 0.2) is 0 Å². The van der Waals surface area contributed by atoms with Gasteiger partial charge in [-0.3, -0.25) is 9.69 Å². The molecule has 2 heterocycles. The lowest BCUT2D eigenvalue weighted by atomic mass is 9.89. The summed E-state index contributed by atoms with van der Waals surface area (Å²) in [7, 11) is 4.26. The lowest BCUT2D eigenvalue weighted by Gasteiger charge is -2.22. The lowest BCUT2D eigenvalue weighted by molar-refractivity contribution is 0.0763. The fraction of sp³-hybridized carbons (Fsp3) is 0.382. The lowest BCUT2D eigenvalue weighted by Crippen LogP contribution is -2.34. The molecular formula is C34H38N6O. The van der Waals surface area contributed by atoms with Crippen molar-refractivity contribution in [1.82, 2.24) is 19.6 Å². The maximum absolute atomic E-state index is 13.6. The molecule has 0 saturated carbocycles. The number of amides is 1. The molecule has 0 aromatic heterocycles. The first kappa shape index (κ1) is 28.5. The van der Waals surface area contributed by atoms with Gasteiger partial charge in [0.25, 0.3) is 5.91 Å². The standard InChI is InChI=1S/C34H38N6O/c1-37-13-3-15-39(19-17-37)25-27-7-11-31(30(21-27)24-36)32-12-10-29(34(41)40-16-4-14-38(2)18-20-40)22-33(32)28-8-5-26(23-35)6-9-28/h5-12,21-22H,3-4,13-20,25H2,1-2H3. The number of hydrogen-bond donors (Lipinski definition) is 0. The fourth-order valence-corrected chi connectivity index (χ4v) is 5.84. The Morgan fingerprint density at radius 1 is 0.707 bits per heavy atom. The van der Waals surface area contributed by atoms with Gasteiger partial charge in [-0.05, 0) is 99.2 Å². The Kier molecular flexibility index (Phi) is 9.11. The molecule has 2 saturated heterocycles. The van der Waals surface area contributed by atoms with Crippen molar-refractivity contribution in [2.45, 2.75) is 19.4 Å². The third-order valence-corrected chi connectivity index (χ3v) is 8.31. The minimum Gasteiger partial charge on any atom is -0.337 e. The first-order valence-corrected chi connectivity index (χ1v) is 14.5. The predicted octanol–water partition coefficient (Wildman–Crippen LogP) is 4.68. The number of hydrogen-bond acceptors (Lipinski definition) is 6. The second-order valence-corrected chi connectivity index (χ2v) is 11.3. The maximum Gasteiger partial charge on any atom is 0.253 e. The molecule has 41 heavy (non-hydrogen) atoms. The number of carbonyl (C=O) groups excluding carboxylic acids is 1. The van der Waals surface area contributed by atoms with Gasteiger partial charge in [0.2, 0.25) is 0 Å². The summed E-state index contributed by atoms with van der Waals surface area (Å²) in [5.74, 6) is 0.0284. The zero-order chi connectivity index (χ0) is 28.8. The first-order valence-electron chi connectivity index (χ1n) is 14.5. The summed E-state index contributed by atoms with van der Waals surface area (Å²) in [6.45, 7) is 8.36. The van der Waals surface area contributed by atoms with Gasteiger partial charge in [-0.25, -0.2) is 0 Å². The molecule has 2 fully saturated rings. The Hall–Kier alpha value is -4.01. The minimum atomic E-state index is 0.0284. The van der Waals surface area contributed by atoms with E-state index in [4.69, 9.17) is 0 Å². The smallest absolute Gasteiger partial charge is 0.253 e. The van der Waals surface area contributed by atoms with Crippen LogP contribution in [0.1, 0.15) is 39.9 Å². The number of carbonyl (C=O) groups is 1. The van der Waals surface area contributed by atoms with E-state index in [0.29, 0.717) is 23.2 Å². The van der Waals surface area contributed by atoms with E-state index in [2.05, 4.69) is 47.0 Å². The average Bonchev–Trinajstić information content (AvgIpc) is 3.35. The third kappa shape index (κ3) is 6.84. The fourth-order valence-electron chi connectivity index (χ4n) is 5.84. The van der Waals surface area contributed by atoms with E-state index in [-0.39, 0.29) is 5.91 Å². The molecule has 3 aromatic carbocycles. The molecule has 2 aliphatic rings. The van der Waals surface area contributed by atoms with Crippen LogP contribution >= 0.6 is 0 Å². The Morgan fingerprint density at radius 3 is 2.15 bits per heavy atom. The van der Waals surface area contributed by atoms with Gasteiger partial charge in [0.1, 0.15) is 0 Å². The van der Waals surface area contributed by atoms with Gasteiger partial charge in [-0.1, -0.05) is 30.3 Å². The maximum atomic E-state index is 13.6. The number of likely N-dealkylation sites (N-methyl/N-ethyl adjacent to an activating group) is 2. The highest BCUT2D eigenvalue weighted by Crippen LogP contribution is 2.36. The zero-order valence-electron chi connectivity index (χ0n) is 24.1. The second-order valence-electron chi connectivity index (χ2n) is 11.3. The molecule has 7 heteroatoms. The van der Waals surface area contributed by atoms with Crippen LogP contribution < -0.4 is 0 Å². The summed E-state index contributed by atoms with van der Waals surface area (Å²) >= 11 is 0. The molecule has 0 unspecified atom stereocenters. The third-order valence-electron chi connectivity index (χ3n) is 8.31. The van der Waals surface area contributed by atoms with Crippen LogP contribution in [-0.4, -0.2) is 92.0 Å². The van der Waals surface area contributed by atoms with Crippen molar-refractivity contribution in [3.8, 4) is 34.4 Å². The van der Waals surface area contributed by atoms with E-state index in [1.165, 1.54) is 0 Å². The molecule has 0 N–H and O–H groups in total. The van der Waals surface area contributed by atoms with Gasteiger partial charge >= 0.3 is 0 Å². The summed E-state index contributed by atoms with van der Waals surface area (Å²) in [5.41, 5.74) is 6.52. The van der Waals surface area contributed by atoms with E-state index in [9.17, 15) is 15.3 Å². The van der Waals surface area contributed by atoms with Crippen LogP contribution in [0.25, 0.3) is 22.3 Å². The molecule has 3 aromatic rings. The molecule has 0 bridgehead atoms. The normalized spacial score (nSPS) is 17.3. The van der Waals surface area contributed by atoms with Crippen LogP contribution in [0.2, 0.25) is 0 Å². The van der Waals surface area contributed by atoms with Crippen LogP contribution in [0.5, 0.6) is 0 Å². The topological polar surface area (TPSA) is 77.6 Å². The number of nitrogens with zero attached hydrogens (tertiary/aromatic N) is 6. The summed E-state index contributed by atoms with van der Waals surface area (Å²) in [6.07, 6.45) is 2.10. The molecule has 0 spiro atoms. The molecule has 0 aliphatic carbocycles. The Balaban J connectivity index is 1.50. The molecule has 0 radical (unpaired) electrons. The van der Waals surface area contributed by atoms with E-state index in [1.54, 1.807) is 12.1 Å². The van der Waals surface area contributed by atoms with Crippen molar-refractivity contribution in [3.05, 3.63) is 82.9 Å². The second kappa shape index (κ2) is 13.1. The summed E-state index contributed by atoms with van der Waals surface area (Å²) < 4.78 is 0. The molecule has 7 nitrogen and oxygen atoms in total. The van der Waals surface area contributed by atoms with Crippen molar-refractivity contribution in [2.75, 3.05) is 66.5 Å². The largest absolute Gasteiger partial charge is 0.337 e. The van der Waals surface area contributed by atoms with Gasteiger partial charge in [0.05, 0.1) is 23.3 Å². The molecular weight excluding hydrogens is 508 g/mol. The number of nitriles is 2. The predicted molar refractivity (Wildman–Crippen MR) is 162 cm³/mol. The average molecular weight is 547 g/mol. The molecule has 1 amide bonds. The Morgan fingerprint density at radius 2 is 1.41 bits per heavy atom. The van der Waals surface area contributed by atoms with E-state index < -0.39 is 0 Å². The summed E-state index contributed by atoms with van der Waals surface area (Å²) in [4.78, 5) is 22.6. The van der Waals surface area contributed by atoms with Gasteiger partial charge < -0.3 is 14.7 Å². The highest BCUT2D eigenvalue weighted by molar-refractivity contribution is 5.98. The van der Waals surface area contributed by atoms with E-state index in [1.807, 2.05) is 47.4 Å². The van der Waals surface area contributed by atoms with E-state index in [0.717, 1.165) is 93.0 Å². The van der Waals surface area contributed by atoms with E-state index >= 15 is 0 Å². The van der Waals surface area contributed by atoms with Crippen molar-refractivity contribution < 1.29 is 4.79 Å². The minimum absolute atomic E-state index is 0.0284. The first-order chi connectivity index (χ1) is 19.9. The van der Waals surface area contributed by atoms with Crippen LogP contribution in [0.4, 0.5) is 0 Å². The molecule has 5 rings (SSSR count).